The van der Waals surface area contributed by atoms with E-state index in [4.69, 9.17) is 9.98 Å². The molecule has 0 fully saturated rings. The van der Waals surface area contributed by atoms with Crippen LogP contribution in [0.25, 0.3) is 110 Å². The second-order valence-corrected chi connectivity index (χ2v) is 19.3. The highest BCUT2D eigenvalue weighted by atomic mass is 15.3. The molecular weight excluding hydrogens is 913 g/mol. The van der Waals surface area contributed by atoms with Gasteiger partial charge in [-0.3, -0.25) is 4.57 Å². The van der Waals surface area contributed by atoms with Crippen LogP contribution in [0.4, 0.5) is 0 Å². The highest BCUT2D eigenvalue weighted by Crippen LogP contribution is 2.49. The summed E-state index contributed by atoms with van der Waals surface area (Å²) in [5.41, 5.74) is 17.6. The highest BCUT2D eigenvalue weighted by Gasteiger charge is 2.30. The van der Waals surface area contributed by atoms with E-state index < -0.39 is 6.17 Å². The first-order chi connectivity index (χ1) is 37.2. The minimum absolute atomic E-state index is 0.435. The molecule has 1 aliphatic rings. The lowest BCUT2D eigenvalue weighted by Crippen LogP contribution is -2.35. The molecular formula is C69H46N6. The maximum Gasteiger partial charge on any atom is 0.234 e. The minimum atomic E-state index is -0.435. The normalized spacial score (nSPS) is 13.7. The van der Waals surface area contributed by atoms with Crippen LogP contribution in [-0.4, -0.2) is 25.5 Å². The van der Waals surface area contributed by atoms with Crippen molar-refractivity contribution in [2.75, 3.05) is 0 Å². The van der Waals surface area contributed by atoms with Crippen LogP contribution in [0.3, 0.4) is 0 Å². The molecule has 1 aliphatic heterocycles. The van der Waals surface area contributed by atoms with Gasteiger partial charge in [0.05, 0.1) is 38.8 Å². The highest BCUT2D eigenvalue weighted by molar-refractivity contribution is 6.28. The Bertz CT molecular complexity index is 4570. The number of hydrogen-bond donors (Lipinski definition) is 1. The summed E-state index contributed by atoms with van der Waals surface area (Å²) in [6, 6.07) is 96.0. The summed E-state index contributed by atoms with van der Waals surface area (Å²) in [5.74, 6) is 1.36. The van der Waals surface area contributed by atoms with Gasteiger partial charge in [-0.15, -0.1) is 0 Å². The third-order valence-corrected chi connectivity index (χ3v) is 15.1. The number of aliphatic imine (C=N–C) groups is 2. The molecule has 0 saturated carbocycles. The number of nitrogens with zero attached hydrogens (tertiary/aromatic N) is 5. The molecule has 0 amide bonds. The number of fused-ring (bicyclic) bond motifs is 10. The van der Waals surface area contributed by atoms with Gasteiger partial charge in [0.2, 0.25) is 5.96 Å². The number of nitrogens with one attached hydrogen (secondary N) is 1. The molecule has 1 unspecified atom stereocenters. The van der Waals surface area contributed by atoms with Crippen molar-refractivity contribution in [3.05, 3.63) is 278 Å². The predicted octanol–water partition coefficient (Wildman–Crippen LogP) is 16.9. The van der Waals surface area contributed by atoms with E-state index in [0.29, 0.717) is 5.96 Å². The van der Waals surface area contributed by atoms with Crippen LogP contribution in [0.2, 0.25) is 0 Å². The smallest absolute Gasteiger partial charge is 0.234 e. The van der Waals surface area contributed by atoms with E-state index in [2.05, 4.69) is 286 Å². The number of hydrogen-bond acceptors (Lipinski definition) is 3. The van der Waals surface area contributed by atoms with Crippen LogP contribution in [0.1, 0.15) is 17.3 Å². The molecule has 0 radical (unpaired) electrons. The van der Waals surface area contributed by atoms with Crippen molar-refractivity contribution in [2.24, 2.45) is 9.98 Å². The van der Waals surface area contributed by atoms with E-state index in [9.17, 15) is 0 Å². The molecule has 14 aromatic rings. The maximum absolute atomic E-state index is 5.65. The molecule has 0 bridgehead atoms. The average molecular weight is 959 g/mol. The fourth-order valence-corrected chi connectivity index (χ4v) is 11.8. The van der Waals surface area contributed by atoms with Gasteiger partial charge in [0, 0.05) is 49.1 Å². The first kappa shape index (κ1) is 42.6. The molecule has 4 heterocycles. The van der Waals surface area contributed by atoms with Crippen LogP contribution >= 0.6 is 0 Å². The second-order valence-electron chi connectivity index (χ2n) is 19.3. The molecule has 352 valence electrons. The Balaban J connectivity index is 1.11. The van der Waals surface area contributed by atoms with E-state index >= 15 is 0 Å². The Morgan fingerprint density at radius 2 is 0.787 bits per heavy atom. The van der Waals surface area contributed by atoms with Gasteiger partial charge < -0.3 is 14.5 Å². The SMILES string of the molecule is c1ccc(C2=NC(n3c4ccccc4c4ccc5c6ccccc6n(-c6c(-c7ccccc7)cc(-c7ccccc7)c7c8ccccc8n(-c8ccccc8)c67)c5c43)=NC(c3ccc(-c4ccccc4)cc3)N2)cc1. The minimum Gasteiger partial charge on any atom is -0.344 e. The summed E-state index contributed by atoms with van der Waals surface area (Å²) >= 11 is 0. The summed E-state index contributed by atoms with van der Waals surface area (Å²) in [6.07, 6.45) is -0.435. The topological polar surface area (TPSA) is 51.5 Å². The lowest BCUT2D eigenvalue weighted by atomic mass is 9.92. The van der Waals surface area contributed by atoms with E-state index in [-0.39, 0.29) is 0 Å². The average Bonchev–Trinajstić information content (AvgIpc) is 4.32. The summed E-state index contributed by atoms with van der Waals surface area (Å²) in [5, 5.41) is 10.7. The van der Waals surface area contributed by atoms with Gasteiger partial charge in [0.25, 0.3) is 0 Å². The standard InChI is InChI=1S/C69H46N6/c1-6-22-45(23-7-1)46-38-40-50(41-39-46)68-70-67(49-28-12-4-13-29-49)71-69(72-68)75-60-36-20-17-33-53(60)55-43-42-54-52-32-16-19-35-59(52)74(63(54)64(55)75)65-58(48-26-10-3-11-27-48)44-57(47-24-8-2-9-25-47)62-56-34-18-21-37-61(56)73(66(62)65)51-30-14-5-15-31-51/h1-44,68H,(H,70,71,72). The van der Waals surface area contributed by atoms with Crippen molar-refractivity contribution in [3.63, 3.8) is 0 Å². The van der Waals surface area contributed by atoms with Gasteiger partial charge >= 0.3 is 0 Å². The fourth-order valence-electron chi connectivity index (χ4n) is 11.8. The molecule has 1 atom stereocenters. The van der Waals surface area contributed by atoms with Crippen molar-refractivity contribution in [2.45, 2.75) is 6.17 Å². The molecule has 3 aromatic heterocycles. The van der Waals surface area contributed by atoms with E-state index in [0.717, 1.165) is 105 Å². The van der Waals surface area contributed by atoms with Gasteiger partial charge in [-0.2, -0.15) is 4.99 Å². The molecule has 6 nitrogen and oxygen atoms in total. The van der Waals surface area contributed by atoms with Crippen molar-refractivity contribution >= 4 is 77.2 Å². The second kappa shape index (κ2) is 17.3. The first-order valence-electron chi connectivity index (χ1n) is 25.6. The first-order valence-corrected chi connectivity index (χ1v) is 25.6. The predicted molar refractivity (Wildman–Crippen MR) is 313 cm³/mol. The Kier molecular flexibility index (Phi) is 9.85. The molecule has 0 aliphatic carbocycles. The van der Waals surface area contributed by atoms with Crippen LogP contribution in [0, 0.1) is 0 Å². The quantitative estimate of drug-likeness (QED) is 0.170. The number of para-hydroxylation sites is 4. The Morgan fingerprint density at radius 3 is 1.39 bits per heavy atom. The Labute approximate surface area is 433 Å². The van der Waals surface area contributed by atoms with Crippen molar-refractivity contribution < 1.29 is 0 Å². The van der Waals surface area contributed by atoms with Gasteiger partial charge in [-0.25, -0.2) is 4.99 Å². The van der Waals surface area contributed by atoms with Crippen LogP contribution in [-0.2, 0) is 0 Å². The van der Waals surface area contributed by atoms with E-state index in [1.54, 1.807) is 0 Å². The van der Waals surface area contributed by atoms with E-state index in [1.165, 1.54) is 21.9 Å². The molecule has 0 spiro atoms. The van der Waals surface area contributed by atoms with Crippen LogP contribution in [0.5, 0.6) is 0 Å². The third-order valence-electron chi connectivity index (χ3n) is 15.1. The molecule has 1 N–H and O–H groups in total. The Hall–Kier alpha value is -10.0. The van der Waals surface area contributed by atoms with Crippen LogP contribution in [0.15, 0.2) is 277 Å². The van der Waals surface area contributed by atoms with Gasteiger partial charge in [-0.1, -0.05) is 231 Å². The molecule has 11 aromatic carbocycles. The zero-order valence-corrected chi connectivity index (χ0v) is 40.7. The molecule has 15 rings (SSSR count). The van der Waals surface area contributed by atoms with Crippen molar-refractivity contribution in [3.8, 4) is 44.8 Å². The molecule has 75 heavy (non-hydrogen) atoms. The number of aromatic nitrogens is 3. The number of benzene rings is 11. The fraction of sp³-hybridized carbons (Fsp3) is 0.0145. The maximum atomic E-state index is 5.65. The monoisotopic (exact) mass is 958 g/mol. The lowest BCUT2D eigenvalue weighted by Gasteiger charge is -2.25. The molecule has 6 heteroatoms. The number of rotatable bonds is 7. The van der Waals surface area contributed by atoms with E-state index in [1.807, 2.05) is 0 Å². The van der Waals surface area contributed by atoms with Gasteiger partial charge in [-0.05, 0) is 69.8 Å². The third kappa shape index (κ3) is 6.80. The molecule has 0 saturated heterocycles. The summed E-state index contributed by atoms with van der Waals surface area (Å²) in [6.45, 7) is 0. The lowest BCUT2D eigenvalue weighted by molar-refractivity contribution is 0.668. The summed E-state index contributed by atoms with van der Waals surface area (Å²) in [7, 11) is 0. The number of amidine groups is 1. The Morgan fingerprint density at radius 1 is 0.333 bits per heavy atom. The summed E-state index contributed by atoms with van der Waals surface area (Å²) < 4.78 is 7.40. The largest absolute Gasteiger partial charge is 0.344 e. The zero-order chi connectivity index (χ0) is 49.4. The van der Waals surface area contributed by atoms with Crippen LogP contribution < -0.4 is 5.32 Å². The van der Waals surface area contributed by atoms with Gasteiger partial charge in [0.1, 0.15) is 12.0 Å². The summed E-state index contributed by atoms with van der Waals surface area (Å²) in [4.78, 5) is 11.2. The van der Waals surface area contributed by atoms with Gasteiger partial charge in [0.15, 0.2) is 0 Å². The zero-order valence-electron chi connectivity index (χ0n) is 40.7. The van der Waals surface area contributed by atoms with Crippen molar-refractivity contribution in [1.82, 2.24) is 19.0 Å². The van der Waals surface area contributed by atoms with Crippen molar-refractivity contribution in [1.29, 1.82) is 0 Å².